The van der Waals surface area contributed by atoms with Gasteiger partial charge in [0.15, 0.2) is 10.8 Å². The third-order valence-electron chi connectivity index (χ3n) is 2.38. The number of nitrogens with zero attached hydrogens (tertiary/aromatic N) is 1. The summed E-state index contributed by atoms with van der Waals surface area (Å²) >= 11 is 1.32. The van der Waals surface area contributed by atoms with E-state index in [0.29, 0.717) is 28.7 Å². The normalized spacial score (nSPS) is 10.5. The van der Waals surface area contributed by atoms with E-state index >= 15 is 0 Å². The molecule has 2 aromatic rings. The molecule has 0 saturated carbocycles. The van der Waals surface area contributed by atoms with E-state index in [4.69, 9.17) is 10.2 Å². The van der Waals surface area contributed by atoms with Crippen molar-refractivity contribution in [2.45, 2.75) is 12.8 Å². The van der Waals surface area contributed by atoms with Gasteiger partial charge in [-0.25, -0.2) is 4.98 Å². The van der Waals surface area contributed by atoms with Gasteiger partial charge in [-0.05, 0) is 31.5 Å². The van der Waals surface area contributed by atoms with E-state index in [1.165, 1.54) is 11.3 Å². The highest BCUT2D eigenvalue weighted by Gasteiger charge is 2.12. The first kappa shape index (κ1) is 12.8. The van der Waals surface area contributed by atoms with Gasteiger partial charge >= 0.3 is 0 Å². The Labute approximate surface area is 109 Å². The van der Waals surface area contributed by atoms with Gasteiger partial charge in [-0.15, -0.1) is 11.3 Å². The van der Waals surface area contributed by atoms with Crippen LogP contribution >= 0.6 is 11.3 Å². The molecule has 0 spiro atoms. The average molecular weight is 265 g/mol. The second-order valence-electron chi connectivity index (χ2n) is 3.76. The van der Waals surface area contributed by atoms with E-state index in [1.807, 2.05) is 6.07 Å². The standard InChI is InChI=1S/C12H15N3O2S/c13-5-1-2-6-14-11(16)10-8-15-12(18-10)9-4-3-7-17-9/h3-4,7-8H,1-2,5-6,13H2,(H,14,16). The number of carbonyl (C=O) groups is 1. The smallest absolute Gasteiger partial charge is 0.263 e. The van der Waals surface area contributed by atoms with Crippen LogP contribution in [0.15, 0.2) is 29.0 Å². The fourth-order valence-electron chi connectivity index (χ4n) is 1.45. The lowest BCUT2D eigenvalue weighted by Crippen LogP contribution is -2.23. The molecule has 0 unspecified atom stereocenters. The first-order chi connectivity index (χ1) is 8.81. The molecule has 6 heteroatoms. The molecular formula is C12H15N3O2S. The van der Waals surface area contributed by atoms with Crippen molar-refractivity contribution in [1.82, 2.24) is 10.3 Å². The van der Waals surface area contributed by atoms with Gasteiger partial charge in [0.25, 0.3) is 5.91 Å². The Morgan fingerprint density at radius 3 is 3.11 bits per heavy atom. The number of thiazole rings is 1. The lowest BCUT2D eigenvalue weighted by molar-refractivity contribution is 0.0957. The van der Waals surface area contributed by atoms with Gasteiger partial charge in [0.2, 0.25) is 0 Å². The van der Waals surface area contributed by atoms with Crippen molar-refractivity contribution >= 4 is 17.2 Å². The van der Waals surface area contributed by atoms with Crippen LogP contribution in [0.5, 0.6) is 0 Å². The monoisotopic (exact) mass is 265 g/mol. The highest BCUT2D eigenvalue weighted by atomic mass is 32.1. The molecule has 5 nitrogen and oxygen atoms in total. The molecule has 1 amide bonds. The Balaban J connectivity index is 1.91. The van der Waals surface area contributed by atoms with Crippen LogP contribution in [0.2, 0.25) is 0 Å². The maximum atomic E-state index is 11.8. The first-order valence-corrected chi connectivity index (χ1v) is 6.61. The van der Waals surface area contributed by atoms with Gasteiger partial charge in [-0.3, -0.25) is 4.79 Å². The summed E-state index contributed by atoms with van der Waals surface area (Å²) in [6.45, 7) is 1.29. The minimum absolute atomic E-state index is 0.0951. The zero-order valence-corrected chi connectivity index (χ0v) is 10.7. The summed E-state index contributed by atoms with van der Waals surface area (Å²) in [6, 6.07) is 3.62. The Morgan fingerprint density at radius 1 is 1.50 bits per heavy atom. The predicted molar refractivity (Wildman–Crippen MR) is 70.4 cm³/mol. The number of carbonyl (C=O) groups excluding carboxylic acids is 1. The molecule has 2 heterocycles. The minimum atomic E-state index is -0.0951. The number of unbranched alkanes of at least 4 members (excludes halogenated alkanes) is 1. The summed E-state index contributed by atoms with van der Waals surface area (Å²) in [5, 5.41) is 3.55. The summed E-state index contributed by atoms with van der Waals surface area (Å²) < 4.78 is 5.23. The van der Waals surface area contributed by atoms with E-state index < -0.39 is 0 Å². The fraction of sp³-hybridized carbons (Fsp3) is 0.333. The third kappa shape index (κ3) is 3.18. The molecule has 0 aromatic carbocycles. The topological polar surface area (TPSA) is 81.1 Å². The molecule has 0 atom stereocenters. The quantitative estimate of drug-likeness (QED) is 0.781. The molecule has 96 valence electrons. The molecular weight excluding hydrogens is 250 g/mol. The van der Waals surface area contributed by atoms with Crippen LogP contribution < -0.4 is 11.1 Å². The van der Waals surface area contributed by atoms with E-state index in [1.54, 1.807) is 18.5 Å². The van der Waals surface area contributed by atoms with Crippen LogP contribution in [0.3, 0.4) is 0 Å². The number of rotatable bonds is 6. The Bertz CT molecular complexity index is 493. The SMILES string of the molecule is NCCCCNC(=O)c1cnc(-c2ccco2)s1. The van der Waals surface area contributed by atoms with Crippen LogP contribution in [0.1, 0.15) is 22.5 Å². The number of amides is 1. The molecule has 0 aliphatic rings. The predicted octanol–water partition coefficient (Wildman–Crippen LogP) is 1.87. The zero-order valence-electron chi connectivity index (χ0n) is 9.89. The molecule has 0 saturated heterocycles. The molecule has 18 heavy (non-hydrogen) atoms. The van der Waals surface area contributed by atoms with Crippen molar-refractivity contribution in [1.29, 1.82) is 0 Å². The Kier molecular flexibility index (Phi) is 4.49. The number of furan rings is 1. The molecule has 0 aliphatic carbocycles. The third-order valence-corrected chi connectivity index (χ3v) is 3.39. The first-order valence-electron chi connectivity index (χ1n) is 5.79. The summed E-state index contributed by atoms with van der Waals surface area (Å²) in [5.74, 6) is 0.588. The second-order valence-corrected chi connectivity index (χ2v) is 4.79. The number of nitrogens with two attached hydrogens (primary N) is 1. The maximum absolute atomic E-state index is 11.8. The van der Waals surface area contributed by atoms with E-state index in [2.05, 4.69) is 10.3 Å². The minimum Gasteiger partial charge on any atom is -0.462 e. The van der Waals surface area contributed by atoms with Gasteiger partial charge in [-0.1, -0.05) is 0 Å². The van der Waals surface area contributed by atoms with Crippen molar-refractivity contribution in [2.24, 2.45) is 5.73 Å². The van der Waals surface area contributed by atoms with Crippen molar-refractivity contribution in [3.63, 3.8) is 0 Å². The van der Waals surface area contributed by atoms with Gasteiger partial charge in [-0.2, -0.15) is 0 Å². The second kappa shape index (κ2) is 6.32. The van der Waals surface area contributed by atoms with Gasteiger partial charge in [0, 0.05) is 6.54 Å². The van der Waals surface area contributed by atoms with E-state index in [-0.39, 0.29) is 5.91 Å². The highest BCUT2D eigenvalue weighted by Crippen LogP contribution is 2.25. The van der Waals surface area contributed by atoms with Crippen molar-refractivity contribution < 1.29 is 9.21 Å². The van der Waals surface area contributed by atoms with E-state index in [9.17, 15) is 4.79 Å². The molecule has 0 bridgehead atoms. The molecule has 0 fully saturated rings. The van der Waals surface area contributed by atoms with Crippen molar-refractivity contribution in [3.8, 4) is 10.8 Å². The van der Waals surface area contributed by atoms with Crippen molar-refractivity contribution in [2.75, 3.05) is 13.1 Å². The number of hydrogen-bond donors (Lipinski definition) is 2. The van der Waals surface area contributed by atoms with Crippen LogP contribution in [0.25, 0.3) is 10.8 Å². The lowest BCUT2D eigenvalue weighted by Gasteiger charge is -2.01. The Morgan fingerprint density at radius 2 is 2.39 bits per heavy atom. The molecule has 2 aromatic heterocycles. The zero-order chi connectivity index (χ0) is 12.8. The number of nitrogens with one attached hydrogen (secondary N) is 1. The van der Waals surface area contributed by atoms with Gasteiger partial charge in [0.1, 0.15) is 4.88 Å². The van der Waals surface area contributed by atoms with Crippen LogP contribution in [-0.4, -0.2) is 24.0 Å². The molecule has 2 rings (SSSR count). The fourth-order valence-corrected chi connectivity index (χ4v) is 2.25. The largest absolute Gasteiger partial charge is 0.462 e. The highest BCUT2D eigenvalue weighted by molar-refractivity contribution is 7.16. The summed E-state index contributed by atoms with van der Waals surface area (Å²) in [6.07, 6.45) is 4.97. The summed E-state index contributed by atoms with van der Waals surface area (Å²) in [4.78, 5) is 16.5. The number of aromatic nitrogens is 1. The molecule has 3 N–H and O–H groups in total. The molecule has 0 radical (unpaired) electrons. The van der Waals surface area contributed by atoms with E-state index in [0.717, 1.165) is 12.8 Å². The summed E-state index contributed by atoms with van der Waals surface area (Å²) in [7, 11) is 0. The van der Waals surface area contributed by atoms with Crippen molar-refractivity contribution in [3.05, 3.63) is 29.5 Å². The van der Waals surface area contributed by atoms with Crippen LogP contribution in [0.4, 0.5) is 0 Å². The van der Waals surface area contributed by atoms with Gasteiger partial charge < -0.3 is 15.5 Å². The lowest BCUT2D eigenvalue weighted by atomic mass is 10.3. The van der Waals surface area contributed by atoms with Crippen LogP contribution in [0, 0.1) is 0 Å². The summed E-state index contributed by atoms with van der Waals surface area (Å²) in [5.41, 5.74) is 5.38. The average Bonchev–Trinajstić information content (AvgIpc) is 3.03. The Hall–Kier alpha value is -1.66. The molecule has 0 aliphatic heterocycles. The van der Waals surface area contributed by atoms with Gasteiger partial charge in [0.05, 0.1) is 12.5 Å². The van der Waals surface area contributed by atoms with Crippen LogP contribution in [-0.2, 0) is 0 Å². The number of hydrogen-bond acceptors (Lipinski definition) is 5. The maximum Gasteiger partial charge on any atom is 0.263 e.